The lowest BCUT2D eigenvalue weighted by atomic mass is 10.1. The fourth-order valence-electron chi connectivity index (χ4n) is 1.40. The number of amides is 2. The smallest absolute Gasteiger partial charge is 0.253 e. The molecular formula is C13H15BrN2O2. The predicted molar refractivity (Wildman–Crippen MR) is 75.9 cm³/mol. The predicted octanol–water partition coefficient (Wildman–Crippen LogP) is 2.31. The van der Waals surface area contributed by atoms with Gasteiger partial charge in [-0.15, -0.1) is 0 Å². The van der Waals surface area contributed by atoms with E-state index in [0.717, 1.165) is 0 Å². The van der Waals surface area contributed by atoms with E-state index in [1.165, 1.54) is 11.8 Å². The second-order valence-corrected chi connectivity index (χ2v) is 4.92. The van der Waals surface area contributed by atoms with Crippen molar-refractivity contribution in [1.29, 1.82) is 0 Å². The summed E-state index contributed by atoms with van der Waals surface area (Å²) in [5.74, 6) is -0.362. The van der Waals surface area contributed by atoms with E-state index in [1.807, 2.05) is 0 Å². The maximum absolute atomic E-state index is 12.0. The van der Waals surface area contributed by atoms with Crippen LogP contribution in [0.25, 0.3) is 0 Å². The fraction of sp³-hybridized carbons (Fsp3) is 0.231. The molecule has 0 fully saturated rings. The number of rotatable bonds is 4. The molecule has 96 valence electrons. The van der Waals surface area contributed by atoms with Crippen molar-refractivity contribution in [3.63, 3.8) is 0 Å². The summed E-state index contributed by atoms with van der Waals surface area (Å²) in [7, 11) is 1.64. The highest BCUT2D eigenvalue weighted by Gasteiger charge is 2.15. The van der Waals surface area contributed by atoms with Crippen LogP contribution in [0.5, 0.6) is 0 Å². The number of hydrogen-bond donors (Lipinski definition) is 1. The van der Waals surface area contributed by atoms with Gasteiger partial charge in [-0.1, -0.05) is 34.6 Å². The summed E-state index contributed by atoms with van der Waals surface area (Å²) in [4.78, 5) is 24.8. The Balaban J connectivity index is 2.98. The van der Waals surface area contributed by atoms with Crippen molar-refractivity contribution in [2.75, 3.05) is 18.5 Å². The lowest BCUT2D eigenvalue weighted by Crippen LogP contribution is -2.29. The molecule has 0 radical (unpaired) electrons. The Hall–Kier alpha value is -1.62. The number of carbonyl (C=O) groups excluding carboxylic acids is 2. The summed E-state index contributed by atoms with van der Waals surface area (Å²) in [6.07, 6.45) is 0. The number of benzene rings is 1. The summed E-state index contributed by atoms with van der Waals surface area (Å²) in [6.45, 7) is 5.44. The van der Waals surface area contributed by atoms with E-state index in [0.29, 0.717) is 22.3 Å². The molecule has 1 rings (SSSR count). The number of nitrogens with one attached hydrogen (secondary N) is 1. The van der Waals surface area contributed by atoms with Crippen molar-refractivity contribution in [2.45, 2.75) is 6.92 Å². The molecule has 0 atom stereocenters. The molecular weight excluding hydrogens is 296 g/mol. The summed E-state index contributed by atoms with van der Waals surface area (Å²) in [5, 5.41) is 2.71. The Morgan fingerprint density at radius 2 is 2.00 bits per heavy atom. The molecule has 0 saturated carbocycles. The molecule has 1 aromatic rings. The van der Waals surface area contributed by atoms with Crippen LogP contribution in [0.4, 0.5) is 5.69 Å². The monoisotopic (exact) mass is 310 g/mol. The van der Waals surface area contributed by atoms with Crippen LogP contribution in [0.3, 0.4) is 0 Å². The molecule has 1 N–H and O–H groups in total. The third kappa shape index (κ3) is 3.70. The Labute approximate surface area is 115 Å². The Bertz CT molecular complexity index is 486. The molecule has 0 heterocycles. The fourth-order valence-corrected chi connectivity index (χ4v) is 1.54. The van der Waals surface area contributed by atoms with Crippen molar-refractivity contribution < 1.29 is 9.59 Å². The van der Waals surface area contributed by atoms with Crippen LogP contribution in [-0.4, -0.2) is 25.4 Å². The van der Waals surface area contributed by atoms with Crippen LogP contribution in [0.2, 0.25) is 0 Å². The Kier molecular flexibility index (Phi) is 5.09. The zero-order valence-corrected chi connectivity index (χ0v) is 12.0. The summed E-state index contributed by atoms with van der Waals surface area (Å²) in [6, 6.07) is 6.96. The van der Waals surface area contributed by atoms with Crippen LogP contribution in [0, 0.1) is 0 Å². The van der Waals surface area contributed by atoms with Crippen LogP contribution in [-0.2, 0) is 4.79 Å². The number of hydrogen-bond acceptors (Lipinski definition) is 2. The molecule has 4 nitrogen and oxygen atoms in total. The van der Waals surface area contributed by atoms with E-state index >= 15 is 0 Å². The van der Waals surface area contributed by atoms with Gasteiger partial charge < -0.3 is 10.2 Å². The maximum Gasteiger partial charge on any atom is 0.253 e. The van der Waals surface area contributed by atoms with Gasteiger partial charge in [-0.05, 0) is 12.1 Å². The normalized spacial score (nSPS) is 9.72. The number of para-hydroxylation sites is 1. The van der Waals surface area contributed by atoms with Crippen molar-refractivity contribution in [3.05, 3.63) is 40.9 Å². The van der Waals surface area contributed by atoms with Crippen LogP contribution >= 0.6 is 15.9 Å². The van der Waals surface area contributed by atoms with Crippen molar-refractivity contribution >= 4 is 33.4 Å². The molecule has 0 bridgehead atoms. The Morgan fingerprint density at radius 1 is 1.39 bits per heavy atom. The zero-order valence-electron chi connectivity index (χ0n) is 10.4. The van der Waals surface area contributed by atoms with E-state index in [-0.39, 0.29) is 11.8 Å². The molecule has 18 heavy (non-hydrogen) atoms. The van der Waals surface area contributed by atoms with E-state index < -0.39 is 0 Å². The van der Waals surface area contributed by atoms with Gasteiger partial charge in [-0.25, -0.2) is 0 Å². The van der Waals surface area contributed by atoms with Crippen LogP contribution in [0.15, 0.2) is 35.3 Å². The lowest BCUT2D eigenvalue weighted by molar-refractivity contribution is -0.116. The third-order valence-corrected chi connectivity index (χ3v) is 2.70. The first-order valence-corrected chi connectivity index (χ1v) is 6.17. The van der Waals surface area contributed by atoms with Gasteiger partial charge in [0.05, 0.1) is 11.3 Å². The highest BCUT2D eigenvalue weighted by atomic mass is 79.9. The van der Waals surface area contributed by atoms with E-state index in [2.05, 4.69) is 27.8 Å². The standard InChI is InChI=1S/C13H15BrN2O2/c1-9(14)8-15-13(18)11-6-4-5-7-12(11)16(3)10(2)17/h4-7H,1,8H2,2-3H3,(H,15,18). The second-order valence-electron chi connectivity index (χ2n) is 3.80. The average molecular weight is 311 g/mol. The zero-order chi connectivity index (χ0) is 13.7. The molecule has 1 aromatic carbocycles. The third-order valence-electron chi connectivity index (χ3n) is 2.42. The number of anilines is 1. The molecule has 0 aliphatic rings. The highest BCUT2D eigenvalue weighted by Crippen LogP contribution is 2.19. The second kappa shape index (κ2) is 6.35. The first-order chi connectivity index (χ1) is 8.43. The average Bonchev–Trinajstić information content (AvgIpc) is 2.34. The van der Waals surface area contributed by atoms with Crippen LogP contribution in [0.1, 0.15) is 17.3 Å². The van der Waals surface area contributed by atoms with Crippen molar-refractivity contribution in [1.82, 2.24) is 5.32 Å². The van der Waals surface area contributed by atoms with Crippen molar-refractivity contribution in [2.24, 2.45) is 0 Å². The van der Waals surface area contributed by atoms with E-state index in [4.69, 9.17) is 0 Å². The van der Waals surface area contributed by atoms with E-state index in [1.54, 1.807) is 31.3 Å². The molecule has 0 aromatic heterocycles. The van der Waals surface area contributed by atoms with Gasteiger partial charge in [0.1, 0.15) is 0 Å². The SMILES string of the molecule is C=C(Br)CNC(=O)c1ccccc1N(C)C(C)=O. The Morgan fingerprint density at radius 3 is 2.56 bits per heavy atom. The summed E-state index contributed by atoms with van der Waals surface area (Å²) in [5.41, 5.74) is 1.05. The van der Waals surface area contributed by atoms with Crippen LogP contribution < -0.4 is 10.2 Å². The van der Waals surface area contributed by atoms with Crippen molar-refractivity contribution in [3.8, 4) is 0 Å². The van der Waals surface area contributed by atoms with Gasteiger partial charge in [-0.3, -0.25) is 9.59 Å². The van der Waals surface area contributed by atoms with Gasteiger partial charge in [-0.2, -0.15) is 0 Å². The minimum atomic E-state index is -0.237. The van der Waals surface area contributed by atoms with Gasteiger partial charge in [0, 0.05) is 25.0 Å². The van der Waals surface area contributed by atoms with Gasteiger partial charge in [0.25, 0.3) is 5.91 Å². The number of nitrogens with zero attached hydrogens (tertiary/aromatic N) is 1. The molecule has 0 spiro atoms. The largest absolute Gasteiger partial charge is 0.347 e. The molecule has 0 aliphatic heterocycles. The minimum absolute atomic E-state index is 0.125. The van der Waals surface area contributed by atoms with E-state index in [9.17, 15) is 9.59 Å². The molecule has 0 unspecified atom stereocenters. The summed E-state index contributed by atoms with van der Waals surface area (Å²) < 4.78 is 0.688. The quantitative estimate of drug-likeness (QED) is 0.927. The van der Waals surface area contributed by atoms with Gasteiger partial charge in [0.2, 0.25) is 5.91 Å². The molecule has 0 saturated heterocycles. The highest BCUT2D eigenvalue weighted by molar-refractivity contribution is 9.11. The molecule has 5 heteroatoms. The first kappa shape index (κ1) is 14.4. The molecule has 2 amide bonds. The van der Waals surface area contributed by atoms with Gasteiger partial charge >= 0.3 is 0 Å². The number of carbonyl (C=O) groups is 2. The maximum atomic E-state index is 12.0. The topological polar surface area (TPSA) is 49.4 Å². The summed E-state index contributed by atoms with van der Waals surface area (Å²) >= 11 is 3.17. The minimum Gasteiger partial charge on any atom is -0.347 e. The molecule has 0 aliphatic carbocycles. The van der Waals surface area contributed by atoms with Gasteiger partial charge in [0.15, 0.2) is 0 Å². The first-order valence-electron chi connectivity index (χ1n) is 5.38. The lowest BCUT2D eigenvalue weighted by Gasteiger charge is -2.18. The number of halogens is 1.